The fourth-order valence-corrected chi connectivity index (χ4v) is 3.28. The molecule has 2 amide bonds. The van der Waals surface area contributed by atoms with E-state index >= 15 is 0 Å². The predicted molar refractivity (Wildman–Crippen MR) is 96.9 cm³/mol. The minimum absolute atomic E-state index is 0.0874. The lowest BCUT2D eigenvalue weighted by Crippen LogP contribution is -2.54. The van der Waals surface area contributed by atoms with Crippen molar-refractivity contribution in [2.75, 3.05) is 13.1 Å². The van der Waals surface area contributed by atoms with Crippen molar-refractivity contribution in [2.45, 2.75) is 44.8 Å². The van der Waals surface area contributed by atoms with Gasteiger partial charge in [0.15, 0.2) is 0 Å². The monoisotopic (exact) mass is 395 g/mol. The number of piperidine rings is 1. The van der Waals surface area contributed by atoms with Crippen LogP contribution in [0.1, 0.15) is 35.8 Å². The molecule has 2 N–H and O–H groups in total. The molecular formula is C18H23F2N5O3. The number of aliphatic hydroxyl groups is 1. The van der Waals surface area contributed by atoms with E-state index in [1.807, 2.05) is 0 Å². The summed E-state index contributed by atoms with van der Waals surface area (Å²) >= 11 is 0. The molecule has 0 saturated carbocycles. The summed E-state index contributed by atoms with van der Waals surface area (Å²) in [6, 6.07) is 1.49. The average Bonchev–Trinajstić information content (AvgIpc) is 3.00. The molecule has 3 rings (SSSR count). The molecule has 1 aliphatic rings. The van der Waals surface area contributed by atoms with Crippen LogP contribution in [-0.2, 0) is 11.8 Å². The zero-order valence-electron chi connectivity index (χ0n) is 15.9. The number of alkyl halides is 2. The Morgan fingerprint density at radius 1 is 1.36 bits per heavy atom. The number of aromatic nitrogens is 3. The number of aliphatic hydroxyl groups excluding tert-OH is 1. The van der Waals surface area contributed by atoms with Gasteiger partial charge in [0, 0.05) is 26.2 Å². The van der Waals surface area contributed by atoms with E-state index in [-0.39, 0.29) is 25.0 Å². The summed E-state index contributed by atoms with van der Waals surface area (Å²) in [5, 5.41) is 16.1. The molecule has 1 saturated heterocycles. The minimum atomic E-state index is -3.81. The van der Waals surface area contributed by atoms with Crippen LogP contribution in [-0.4, -0.2) is 67.7 Å². The van der Waals surface area contributed by atoms with Crippen LogP contribution >= 0.6 is 0 Å². The summed E-state index contributed by atoms with van der Waals surface area (Å²) < 4.78 is 29.0. The lowest BCUT2D eigenvalue weighted by molar-refractivity contribution is -0.173. The number of nitrogens with one attached hydrogen (secondary N) is 1. The van der Waals surface area contributed by atoms with Gasteiger partial charge in [-0.05, 0) is 32.8 Å². The highest BCUT2D eigenvalue weighted by Gasteiger charge is 2.47. The van der Waals surface area contributed by atoms with Gasteiger partial charge in [-0.25, -0.2) is 4.98 Å². The van der Waals surface area contributed by atoms with E-state index in [0.717, 1.165) is 17.3 Å². The minimum Gasteiger partial charge on any atom is -0.387 e. The second kappa shape index (κ2) is 7.42. The Morgan fingerprint density at radius 3 is 2.61 bits per heavy atom. The van der Waals surface area contributed by atoms with E-state index < -0.39 is 17.9 Å². The Morgan fingerprint density at radius 2 is 2.00 bits per heavy atom. The second-order valence-corrected chi connectivity index (χ2v) is 7.13. The van der Waals surface area contributed by atoms with Crippen LogP contribution in [0.2, 0.25) is 0 Å². The molecule has 0 spiro atoms. The molecule has 152 valence electrons. The molecule has 0 radical (unpaired) electrons. The molecule has 1 unspecified atom stereocenters. The smallest absolute Gasteiger partial charge is 0.349 e. The number of nitrogens with zero attached hydrogens (tertiary/aromatic N) is 4. The molecule has 1 atom stereocenters. The highest BCUT2D eigenvalue weighted by Crippen LogP contribution is 2.24. The maximum atomic E-state index is 13.7. The third kappa shape index (κ3) is 3.68. The van der Waals surface area contributed by atoms with Gasteiger partial charge in [-0.2, -0.15) is 13.9 Å². The first-order valence-corrected chi connectivity index (χ1v) is 9.06. The summed E-state index contributed by atoms with van der Waals surface area (Å²) in [6.07, 6.45) is 0.288. The van der Waals surface area contributed by atoms with Crippen molar-refractivity contribution >= 4 is 22.8 Å². The molecule has 2 aromatic rings. The van der Waals surface area contributed by atoms with Crippen LogP contribution < -0.4 is 5.32 Å². The standard InChI is InChI=1S/C18H23F2N5O3/c1-10-13(8-15-14(22-10)9-21-24(15)3)16(27)23-12-4-6-25(7-5-12)17(28)18(19,20)11(2)26/h8-9,11-12,26H,4-7H2,1-3H3,(H,23,27). The van der Waals surface area contributed by atoms with Crippen LogP contribution in [0.15, 0.2) is 12.3 Å². The first-order valence-electron chi connectivity index (χ1n) is 9.06. The fraction of sp³-hybridized carbons (Fsp3) is 0.556. The molecule has 8 nitrogen and oxygen atoms in total. The van der Waals surface area contributed by atoms with Gasteiger partial charge in [0.2, 0.25) is 0 Å². The first-order chi connectivity index (χ1) is 13.1. The molecule has 2 aromatic heterocycles. The molecule has 3 heterocycles. The van der Waals surface area contributed by atoms with Gasteiger partial charge in [-0.3, -0.25) is 14.3 Å². The van der Waals surface area contributed by atoms with Gasteiger partial charge in [0.1, 0.15) is 11.6 Å². The fourth-order valence-electron chi connectivity index (χ4n) is 3.28. The lowest BCUT2D eigenvalue weighted by Gasteiger charge is -2.34. The van der Waals surface area contributed by atoms with Gasteiger partial charge < -0.3 is 15.3 Å². The molecule has 0 bridgehead atoms. The Labute approximate surface area is 160 Å². The summed E-state index contributed by atoms with van der Waals surface area (Å²) in [5.41, 5.74) is 2.43. The maximum Gasteiger partial charge on any atom is 0.349 e. The number of amides is 2. The molecule has 10 heteroatoms. The number of rotatable bonds is 4. The summed E-state index contributed by atoms with van der Waals surface area (Å²) in [7, 11) is 1.76. The summed E-state index contributed by atoms with van der Waals surface area (Å²) in [4.78, 5) is 30.0. The number of carbonyl (C=O) groups excluding carboxylic acids is 2. The summed E-state index contributed by atoms with van der Waals surface area (Å²) in [6.45, 7) is 2.80. The highest BCUT2D eigenvalue weighted by molar-refractivity contribution is 5.98. The lowest BCUT2D eigenvalue weighted by atomic mass is 10.0. The van der Waals surface area contributed by atoms with Crippen LogP contribution in [0.25, 0.3) is 11.0 Å². The average molecular weight is 395 g/mol. The van der Waals surface area contributed by atoms with Crippen molar-refractivity contribution in [3.8, 4) is 0 Å². The molecule has 28 heavy (non-hydrogen) atoms. The molecule has 0 aliphatic carbocycles. The molecule has 1 aliphatic heterocycles. The number of hydrogen-bond acceptors (Lipinski definition) is 5. The van der Waals surface area contributed by atoms with Gasteiger partial charge in [0.25, 0.3) is 11.8 Å². The van der Waals surface area contributed by atoms with Gasteiger partial charge in [-0.15, -0.1) is 0 Å². The van der Waals surface area contributed by atoms with Crippen LogP contribution in [0.4, 0.5) is 8.78 Å². The number of pyridine rings is 1. The molecule has 1 fully saturated rings. The highest BCUT2D eigenvalue weighted by atomic mass is 19.3. The van der Waals surface area contributed by atoms with Crippen LogP contribution in [0, 0.1) is 6.92 Å². The third-order valence-corrected chi connectivity index (χ3v) is 5.10. The third-order valence-electron chi connectivity index (χ3n) is 5.10. The van der Waals surface area contributed by atoms with Crippen molar-refractivity contribution in [3.63, 3.8) is 0 Å². The number of carbonyl (C=O) groups is 2. The Balaban J connectivity index is 1.63. The number of halogens is 2. The van der Waals surface area contributed by atoms with E-state index in [4.69, 9.17) is 5.11 Å². The van der Waals surface area contributed by atoms with Crippen molar-refractivity contribution in [1.82, 2.24) is 25.0 Å². The number of fused-ring (bicyclic) bond motifs is 1. The number of hydrogen-bond donors (Lipinski definition) is 2. The van der Waals surface area contributed by atoms with E-state index in [1.165, 1.54) is 0 Å². The Hall–Kier alpha value is -2.62. The first kappa shape index (κ1) is 20.1. The zero-order chi connectivity index (χ0) is 20.6. The topological polar surface area (TPSA) is 100 Å². The van der Waals surface area contributed by atoms with E-state index in [0.29, 0.717) is 29.6 Å². The van der Waals surface area contributed by atoms with Crippen molar-refractivity contribution in [1.29, 1.82) is 0 Å². The van der Waals surface area contributed by atoms with Crippen molar-refractivity contribution in [3.05, 3.63) is 23.5 Å². The predicted octanol–water partition coefficient (Wildman–Crippen LogP) is 1.01. The maximum absolute atomic E-state index is 13.7. The van der Waals surface area contributed by atoms with Crippen LogP contribution in [0.5, 0.6) is 0 Å². The van der Waals surface area contributed by atoms with E-state index in [9.17, 15) is 18.4 Å². The number of likely N-dealkylation sites (tertiary alicyclic amines) is 1. The molecule has 0 aromatic carbocycles. The van der Waals surface area contributed by atoms with Crippen molar-refractivity contribution < 1.29 is 23.5 Å². The normalized spacial score (nSPS) is 17.0. The zero-order valence-corrected chi connectivity index (χ0v) is 15.9. The molecular weight excluding hydrogens is 372 g/mol. The van der Waals surface area contributed by atoms with Gasteiger partial charge in [0.05, 0.1) is 23.0 Å². The number of aryl methyl sites for hydroxylation is 2. The Kier molecular flexibility index (Phi) is 5.33. The second-order valence-electron chi connectivity index (χ2n) is 7.13. The Bertz CT molecular complexity index is 904. The summed E-state index contributed by atoms with van der Waals surface area (Å²) in [5.74, 6) is -5.49. The SMILES string of the molecule is Cc1nc2cnn(C)c2cc1C(=O)NC1CCN(C(=O)C(F)(F)C(C)O)CC1. The van der Waals surface area contributed by atoms with Crippen molar-refractivity contribution in [2.24, 2.45) is 7.05 Å². The largest absolute Gasteiger partial charge is 0.387 e. The van der Waals surface area contributed by atoms with Gasteiger partial charge >= 0.3 is 5.92 Å². The van der Waals surface area contributed by atoms with E-state index in [1.54, 1.807) is 30.9 Å². The van der Waals surface area contributed by atoms with Gasteiger partial charge in [-0.1, -0.05) is 0 Å². The van der Waals surface area contributed by atoms with E-state index in [2.05, 4.69) is 15.4 Å². The van der Waals surface area contributed by atoms with Crippen LogP contribution in [0.3, 0.4) is 0 Å². The quantitative estimate of drug-likeness (QED) is 0.805.